The average Bonchev–Trinajstić information content (AvgIpc) is 2.98. The predicted molar refractivity (Wildman–Crippen MR) is 104 cm³/mol. The maximum atomic E-state index is 12.2. The summed E-state index contributed by atoms with van der Waals surface area (Å²) in [7, 11) is 0. The number of hydrogen-bond donors (Lipinski definition) is 1. The summed E-state index contributed by atoms with van der Waals surface area (Å²) in [6.07, 6.45) is 15.2. The van der Waals surface area contributed by atoms with Gasteiger partial charge in [-0.25, -0.2) is 0 Å². The van der Waals surface area contributed by atoms with Crippen molar-refractivity contribution in [1.82, 2.24) is 0 Å². The predicted octanol–water partition coefficient (Wildman–Crippen LogP) is 6.39. The molecule has 1 aliphatic rings. The topological polar surface area (TPSA) is 54.4 Å². The second kappa shape index (κ2) is 11.7. The van der Waals surface area contributed by atoms with Crippen LogP contribution in [0.1, 0.15) is 111 Å². The zero-order chi connectivity index (χ0) is 18.7. The number of carbonyl (C=O) groups is 2. The van der Waals surface area contributed by atoms with Crippen molar-refractivity contribution in [3.05, 3.63) is 0 Å². The first kappa shape index (κ1) is 22.2. The Kier molecular flexibility index (Phi) is 10.4. The molecule has 0 unspecified atom stereocenters. The van der Waals surface area contributed by atoms with Gasteiger partial charge in [-0.1, -0.05) is 78.6 Å². The number of unbranched alkanes of at least 4 members (excludes halogenated alkanes) is 3. The van der Waals surface area contributed by atoms with Crippen molar-refractivity contribution in [1.29, 1.82) is 0 Å². The van der Waals surface area contributed by atoms with Gasteiger partial charge in [0.1, 0.15) is 5.78 Å². The molecular weight excluding hydrogens is 312 g/mol. The van der Waals surface area contributed by atoms with E-state index in [4.69, 9.17) is 5.11 Å². The average molecular weight is 353 g/mol. The molecule has 1 saturated carbocycles. The Labute approximate surface area is 155 Å². The first-order valence-corrected chi connectivity index (χ1v) is 10.6. The van der Waals surface area contributed by atoms with Crippen molar-refractivity contribution in [2.24, 2.45) is 17.3 Å². The van der Waals surface area contributed by atoms with Crippen molar-refractivity contribution in [3.63, 3.8) is 0 Å². The number of Topliss-reactive ketones (excluding diaryl/α,β-unsaturated/α-hetero) is 1. The van der Waals surface area contributed by atoms with E-state index in [1.165, 1.54) is 51.4 Å². The summed E-state index contributed by atoms with van der Waals surface area (Å²) >= 11 is 0. The molecular formula is C22H40O3. The molecule has 1 rings (SSSR count). The van der Waals surface area contributed by atoms with E-state index in [0.29, 0.717) is 12.2 Å². The maximum Gasteiger partial charge on any atom is 0.303 e. The Morgan fingerprint density at radius 2 is 1.52 bits per heavy atom. The van der Waals surface area contributed by atoms with E-state index in [1.54, 1.807) is 0 Å². The second-order valence-corrected chi connectivity index (χ2v) is 8.75. The molecule has 0 aromatic heterocycles. The zero-order valence-corrected chi connectivity index (χ0v) is 16.8. The molecule has 146 valence electrons. The van der Waals surface area contributed by atoms with Gasteiger partial charge in [-0.3, -0.25) is 9.59 Å². The van der Waals surface area contributed by atoms with Gasteiger partial charge < -0.3 is 5.11 Å². The highest BCUT2D eigenvalue weighted by atomic mass is 16.4. The monoisotopic (exact) mass is 352 g/mol. The molecule has 0 aromatic carbocycles. The first-order chi connectivity index (χ1) is 11.9. The van der Waals surface area contributed by atoms with Crippen LogP contribution in [-0.2, 0) is 9.59 Å². The van der Waals surface area contributed by atoms with Gasteiger partial charge in [-0.05, 0) is 31.1 Å². The third-order valence-corrected chi connectivity index (χ3v) is 6.14. The van der Waals surface area contributed by atoms with Crippen LogP contribution in [-0.4, -0.2) is 16.9 Å². The molecule has 1 aliphatic carbocycles. The molecule has 0 aliphatic heterocycles. The highest BCUT2D eigenvalue weighted by Gasteiger charge is 2.29. The van der Waals surface area contributed by atoms with Gasteiger partial charge >= 0.3 is 5.97 Å². The normalized spacial score (nSPS) is 20.8. The lowest BCUT2D eigenvalue weighted by Crippen LogP contribution is -2.24. The van der Waals surface area contributed by atoms with Crippen LogP contribution < -0.4 is 0 Å². The summed E-state index contributed by atoms with van der Waals surface area (Å²) in [5.74, 6) is 1.49. The van der Waals surface area contributed by atoms with Gasteiger partial charge in [0.15, 0.2) is 0 Å². The van der Waals surface area contributed by atoms with Crippen LogP contribution in [0.15, 0.2) is 0 Å². The molecule has 25 heavy (non-hydrogen) atoms. The fourth-order valence-corrected chi connectivity index (χ4v) is 4.42. The van der Waals surface area contributed by atoms with Crippen molar-refractivity contribution in [2.75, 3.05) is 0 Å². The smallest absolute Gasteiger partial charge is 0.303 e. The van der Waals surface area contributed by atoms with Crippen LogP contribution in [0, 0.1) is 17.3 Å². The minimum absolute atomic E-state index is 0.145. The van der Waals surface area contributed by atoms with Crippen LogP contribution >= 0.6 is 0 Å². The third-order valence-electron chi connectivity index (χ3n) is 6.14. The molecule has 1 N–H and O–H groups in total. The molecule has 0 spiro atoms. The lowest BCUT2D eigenvalue weighted by atomic mass is 9.79. The van der Waals surface area contributed by atoms with E-state index >= 15 is 0 Å². The van der Waals surface area contributed by atoms with Crippen molar-refractivity contribution in [3.8, 4) is 0 Å². The highest BCUT2D eigenvalue weighted by Crippen LogP contribution is 2.39. The third kappa shape index (κ3) is 8.87. The maximum absolute atomic E-state index is 12.2. The van der Waals surface area contributed by atoms with Crippen LogP contribution in [0.4, 0.5) is 0 Å². The van der Waals surface area contributed by atoms with Crippen LogP contribution in [0.25, 0.3) is 0 Å². The van der Waals surface area contributed by atoms with E-state index in [-0.39, 0.29) is 5.41 Å². The Balaban J connectivity index is 2.20. The Bertz CT molecular complexity index is 400. The number of hydrogen-bond acceptors (Lipinski definition) is 2. The van der Waals surface area contributed by atoms with Gasteiger partial charge in [0.2, 0.25) is 0 Å². The lowest BCUT2D eigenvalue weighted by molar-refractivity contribution is -0.137. The van der Waals surface area contributed by atoms with Gasteiger partial charge in [0, 0.05) is 18.3 Å². The molecule has 0 bridgehead atoms. The SMILES string of the molecule is CCCC(=O)C(C)(C)CCC[C@H]1CCC[C@@H]1CCCCCCC(=O)O. The van der Waals surface area contributed by atoms with Gasteiger partial charge in [-0.2, -0.15) is 0 Å². The van der Waals surface area contributed by atoms with Crippen molar-refractivity contribution in [2.45, 2.75) is 111 Å². The molecule has 0 saturated heterocycles. The second-order valence-electron chi connectivity index (χ2n) is 8.75. The number of carboxylic acids is 1. The zero-order valence-electron chi connectivity index (χ0n) is 16.8. The fourth-order valence-electron chi connectivity index (χ4n) is 4.42. The summed E-state index contributed by atoms with van der Waals surface area (Å²) in [5, 5.41) is 8.66. The fraction of sp³-hybridized carbons (Fsp3) is 0.909. The largest absolute Gasteiger partial charge is 0.481 e. The summed E-state index contributed by atoms with van der Waals surface area (Å²) in [6, 6.07) is 0. The van der Waals surface area contributed by atoms with Gasteiger partial charge in [0.25, 0.3) is 0 Å². The minimum Gasteiger partial charge on any atom is -0.481 e. The number of rotatable bonds is 14. The number of aliphatic carboxylic acids is 1. The summed E-state index contributed by atoms with van der Waals surface area (Å²) < 4.78 is 0. The summed E-state index contributed by atoms with van der Waals surface area (Å²) in [5.41, 5.74) is -0.145. The first-order valence-electron chi connectivity index (χ1n) is 10.6. The summed E-state index contributed by atoms with van der Waals surface area (Å²) in [4.78, 5) is 22.7. The van der Waals surface area contributed by atoms with Gasteiger partial charge in [0.05, 0.1) is 0 Å². The number of ketones is 1. The minimum atomic E-state index is -0.670. The molecule has 3 nitrogen and oxygen atoms in total. The molecule has 0 aromatic rings. The van der Waals surface area contributed by atoms with E-state index in [9.17, 15) is 9.59 Å². The summed E-state index contributed by atoms with van der Waals surface area (Å²) in [6.45, 7) is 6.32. The number of carboxylic acid groups (broad SMARTS) is 1. The Hall–Kier alpha value is -0.860. The molecule has 1 fully saturated rings. The van der Waals surface area contributed by atoms with E-state index in [2.05, 4.69) is 20.8 Å². The highest BCUT2D eigenvalue weighted by molar-refractivity contribution is 5.83. The van der Waals surface area contributed by atoms with E-state index < -0.39 is 5.97 Å². The van der Waals surface area contributed by atoms with Crippen molar-refractivity contribution >= 4 is 11.8 Å². The molecule has 3 heteroatoms. The molecule has 2 atom stereocenters. The van der Waals surface area contributed by atoms with Gasteiger partial charge in [-0.15, -0.1) is 0 Å². The molecule has 0 radical (unpaired) electrons. The molecule has 0 amide bonds. The van der Waals surface area contributed by atoms with E-state index in [1.807, 2.05) is 0 Å². The Morgan fingerprint density at radius 1 is 0.920 bits per heavy atom. The van der Waals surface area contributed by atoms with Crippen LogP contribution in [0.5, 0.6) is 0 Å². The molecule has 0 heterocycles. The van der Waals surface area contributed by atoms with Crippen LogP contribution in [0.2, 0.25) is 0 Å². The quantitative estimate of drug-likeness (QED) is 0.368. The van der Waals surface area contributed by atoms with Crippen LogP contribution in [0.3, 0.4) is 0 Å². The lowest BCUT2D eigenvalue weighted by Gasteiger charge is -2.25. The van der Waals surface area contributed by atoms with E-state index in [0.717, 1.165) is 43.9 Å². The Morgan fingerprint density at radius 3 is 2.12 bits per heavy atom. The number of carbonyl (C=O) groups excluding carboxylic acids is 1. The van der Waals surface area contributed by atoms with Crippen molar-refractivity contribution < 1.29 is 14.7 Å². The standard InChI is InChI=1S/C22H40O3/c1-4-11-20(23)22(2,3)17-10-15-19-14-9-13-18(19)12-7-5-6-8-16-21(24)25/h18-19H,4-17H2,1-3H3,(H,24,25)/t18-,19+/m0/s1.